The Bertz CT molecular complexity index is 531. The summed E-state index contributed by atoms with van der Waals surface area (Å²) in [6, 6.07) is 8.16. The molecule has 1 aromatic rings. The van der Waals surface area contributed by atoms with E-state index in [1.54, 1.807) is 0 Å². The number of hydrogen-bond acceptors (Lipinski definition) is 3. The monoisotopic (exact) mass is 288 g/mol. The van der Waals surface area contributed by atoms with Crippen molar-refractivity contribution in [2.45, 2.75) is 50.7 Å². The van der Waals surface area contributed by atoms with Crippen LogP contribution in [-0.2, 0) is 4.79 Å². The highest BCUT2D eigenvalue weighted by molar-refractivity contribution is 5.79. The number of amides is 1. The quantitative estimate of drug-likeness (QED) is 0.906. The van der Waals surface area contributed by atoms with Gasteiger partial charge in [0.25, 0.3) is 0 Å². The van der Waals surface area contributed by atoms with Crippen molar-refractivity contribution in [2.75, 3.05) is 13.1 Å². The lowest BCUT2D eigenvalue weighted by Crippen LogP contribution is -2.61. The molecule has 21 heavy (non-hydrogen) atoms. The van der Waals surface area contributed by atoms with E-state index in [1.165, 1.54) is 5.56 Å². The van der Waals surface area contributed by atoms with Crippen LogP contribution in [0.2, 0.25) is 0 Å². The first kappa shape index (κ1) is 14.4. The Balaban J connectivity index is 1.98. The maximum atomic E-state index is 12.6. The number of benzene rings is 1. The first-order chi connectivity index (χ1) is 10.2. The summed E-state index contributed by atoms with van der Waals surface area (Å²) in [7, 11) is 0. The second kappa shape index (κ2) is 5.68. The van der Waals surface area contributed by atoms with Crippen molar-refractivity contribution in [1.29, 1.82) is 0 Å². The summed E-state index contributed by atoms with van der Waals surface area (Å²) < 4.78 is 6.38. The average molecular weight is 288 g/mol. The van der Waals surface area contributed by atoms with E-state index in [0.29, 0.717) is 25.4 Å². The minimum atomic E-state index is -0.460. The molecule has 2 heterocycles. The minimum Gasteiger partial charge on any atom is -0.468 e. The van der Waals surface area contributed by atoms with Gasteiger partial charge in [-0.2, -0.15) is 0 Å². The van der Waals surface area contributed by atoms with Crippen molar-refractivity contribution in [3.63, 3.8) is 0 Å². The van der Waals surface area contributed by atoms with Gasteiger partial charge >= 0.3 is 0 Å². The van der Waals surface area contributed by atoms with Gasteiger partial charge in [-0.25, -0.2) is 0 Å². The maximum absolute atomic E-state index is 12.6. The molecule has 2 aliphatic rings. The van der Waals surface area contributed by atoms with Crippen molar-refractivity contribution in [1.82, 2.24) is 4.90 Å². The molecule has 1 aromatic carbocycles. The molecule has 2 bridgehead atoms. The van der Waals surface area contributed by atoms with Crippen LogP contribution in [0, 0.1) is 0 Å². The predicted molar refractivity (Wildman–Crippen MR) is 82.1 cm³/mol. The molecule has 0 spiro atoms. The Labute approximate surface area is 126 Å². The number of nitrogens with two attached hydrogens (primary N) is 1. The van der Waals surface area contributed by atoms with E-state index in [-0.39, 0.29) is 5.91 Å². The maximum Gasteiger partial charge on any atom is 0.226 e. The Morgan fingerprint density at radius 3 is 3.00 bits per heavy atom. The third-order valence-corrected chi connectivity index (χ3v) is 4.66. The Hall–Kier alpha value is -1.55. The molecule has 2 aliphatic heterocycles. The number of fused-ring (bicyclic) bond motifs is 4. The molecule has 0 saturated carbocycles. The van der Waals surface area contributed by atoms with E-state index in [4.69, 9.17) is 10.5 Å². The van der Waals surface area contributed by atoms with Gasteiger partial charge in [-0.15, -0.1) is 0 Å². The van der Waals surface area contributed by atoms with Crippen LogP contribution in [0.4, 0.5) is 0 Å². The van der Waals surface area contributed by atoms with E-state index >= 15 is 0 Å². The zero-order chi connectivity index (χ0) is 14.9. The Morgan fingerprint density at radius 2 is 2.24 bits per heavy atom. The molecule has 2 N–H and O–H groups in total. The second-order valence-electron chi connectivity index (χ2n) is 6.13. The lowest BCUT2D eigenvalue weighted by molar-refractivity contribution is -0.171. The fraction of sp³-hybridized carbons (Fsp3) is 0.588. The summed E-state index contributed by atoms with van der Waals surface area (Å²) >= 11 is 0. The van der Waals surface area contributed by atoms with Gasteiger partial charge in [0.1, 0.15) is 5.75 Å². The standard InChI is InChI=1S/C17H24N2O2/c1-2-8-17-12-13(11-16(20)19(17)10-5-9-18)14-6-3-4-7-15(14)21-17/h3-4,6-7,13H,2,5,8-12,18H2,1H3. The highest BCUT2D eigenvalue weighted by Gasteiger charge is 2.50. The van der Waals surface area contributed by atoms with Gasteiger partial charge in [0.05, 0.1) is 0 Å². The van der Waals surface area contributed by atoms with Gasteiger partial charge in [-0.3, -0.25) is 4.79 Å². The first-order valence-electron chi connectivity index (χ1n) is 7.98. The zero-order valence-electron chi connectivity index (χ0n) is 12.7. The van der Waals surface area contributed by atoms with Gasteiger partial charge in [0.15, 0.2) is 5.72 Å². The fourth-order valence-corrected chi connectivity index (χ4v) is 3.80. The third-order valence-electron chi connectivity index (χ3n) is 4.66. The van der Waals surface area contributed by atoms with E-state index in [0.717, 1.165) is 31.4 Å². The summed E-state index contributed by atoms with van der Waals surface area (Å²) in [5.74, 6) is 1.46. The van der Waals surface area contributed by atoms with Gasteiger partial charge in [0, 0.05) is 31.7 Å². The molecule has 0 aromatic heterocycles. The van der Waals surface area contributed by atoms with Crippen LogP contribution >= 0.6 is 0 Å². The predicted octanol–water partition coefficient (Wildman–Crippen LogP) is 2.63. The SMILES string of the molecule is CCCC12CC(CC(=O)N1CCCN)c1ccccc1O2. The molecule has 3 rings (SSSR count). The van der Waals surface area contributed by atoms with E-state index < -0.39 is 5.72 Å². The number of para-hydroxylation sites is 1. The summed E-state index contributed by atoms with van der Waals surface area (Å²) in [6.07, 6.45) is 4.22. The highest BCUT2D eigenvalue weighted by atomic mass is 16.5. The lowest BCUT2D eigenvalue weighted by Gasteiger charge is -2.52. The zero-order valence-corrected chi connectivity index (χ0v) is 12.7. The molecule has 114 valence electrons. The summed E-state index contributed by atoms with van der Waals surface area (Å²) in [4.78, 5) is 14.6. The van der Waals surface area contributed by atoms with Crippen LogP contribution in [0.1, 0.15) is 50.5 Å². The van der Waals surface area contributed by atoms with Crippen molar-refractivity contribution in [3.05, 3.63) is 29.8 Å². The highest BCUT2D eigenvalue weighted by Crippen LogP contribution is 2.49. The van der Waals surface area contributed by atoms with Crippen LogP contribution in [0.25, 0.3) is 0 Å². The Kier molecular flexibility index (Phi) is 3.89. The molecule has 1 fully saturated rings. The molecular formula is C17H24N2O2. The second-order valence-corrected chi connectivity index (χ2v) is 6.13. The van der Waals surface area contributed by atoms with Crippen molar-refractivity contribution in [3.8, 4) is 5.75 Å². The minimum absolute atomic E-state index is 0.211. The van der Waals surface area contributed by atoms with Crippen LogP contribution in [-0.4, -0.2) is 29.6 Å². The summed E-state index contributed by atoms with van der Waals surface area (Å²) in [5.41, 5.74) is 6.36. The third kappa shape index (κ3) is 2.42. The fourth-order valence-electron chi connectivity index (χ4n) is 3.80. The van der Waals surface area contributed by atoms with Gasteiger partial charge in [-0.05, 0) is 24.6 Å². The lowest BCUT2D eigenvalue weighted by atomic mass is 9.78. The molecule has 2 unspecified atom stereocenters. The first-order valence-corrected chi connectivity index (χ1v) is 7.98. The number of ether oxygens (including phenoxy) is 1. The number of hydrogen-bond donors (Lipinski definition) is 1. The molecule has 4 nitrogen and oxygen atoms in total. The van der Waals surface area contributed by atoms with Crippen LogP contribution in [0.15, 0.2) is 24.3 Å². The van der Waals surface area contributed by atoms with E-state index in [1.807, 2.05) is 23.1 Å². The van der Waals surface area contributed by atoms with Gasteiger partial charge in [-0.1, -0.05) is 31.5 Å². The number of likely N-dealkylation sites (tertiary alicyclic amines) is 1. The van der Waals surface area contributed by atoms with E-state index in [2.05, 4.69) is 13.0 Å². The largest absolute Gasteiger partial charge is 0.468 e. The average Bonchev–Trinajstić information content (AvgIpc) is 2.47. The molecular weight excluding hydrogens is 264 g/mol. The van der Waals surface area contributed by atoms with E-state index in [9.17, 15) is 4.79 Å². The molecule has 4 heteroatoms. The number of rotatable bonds is 5. The van der Waals surface area contributed by atoms with Crippen LogP contribution < -0.4 is 10.5 Å². The van der Waals surface area contributed by atoms with Gasteiger partial charge < -0.3 is 15.4 Å². The molecule has 0 radical (unpaired) electrons. The molecule has 1 amide bonds. The van der Waals surface area contributed by atoms with Crippen molar-refractivity contribution >= 4 is 5.91 Å². The van der Waals surface area contributed by atoms with Gasteiger partial charge in [0.2, 0.25) is 5.91 Å². The summed E-state index contributed by atoms with van der Waals surface area (Å²) in [5, 5.41) is 0. The number of piperidine rings is 1. The topological polar surface area (TPSA) is 55.6 Å². The van der Waals surface area contributed by atoms with Crippen LogP contribution in [0.3, 0.4) is 0 Å². The van der Waals surface area contributed by atoms with Crippen molar-refractivity contribution < 1.29 is 9.53 Å². The smallest absolute Gasteiger partial charge is 0.226 e. The summed E-state index contributed by atoms with van der Waals surface area (Å²) in [6.45, 7) is 3.45. The number of carbonyl (C=O) groups excluding carboxylic acids is 1. The van der Waals surface area contributed by atoms with Crippen molar-refractivity contribution in [2.24, 2.45) is 5.73 Å². The number of carbonyl (C=O) groups is 1. The number of nitrogens with zero attached hydrogens (tertiary/aromatic N) is 1. The molecule has 1 saturated heterocycles. The van der Waals surface area contributed by atoms with Crippen LogP contribution in [0.5, 0.6) is 5.75 Å². The molecule has 2 atom stereocenters. The Morgan fingerprint density at radius 1 is 1.43 bits per heavy atom. The normalized spacial score (nSPS) is 27.2. The molecule has 0 aliphatic carbocycles.